The second kappa shape index (κ2) is 7.15. The third-order valence-electron chi connectivity index (χ3n) is 2.42. The molecule has 0 aliphatic carbocycles. The minimum absolute atomic E-state index is 0.303. The van der Waals surface area contributed by atoms with Gasteiger partial charge in [-0.25, -0.2) is 4.79 Å². The molecule has 4 nitrogen and oxygen atoms in total. The Morgan fingerprint density at radius 1 is 1.00 bits per heavy atom. The summed E-state index contributed by atoms with van der Waals surface area (Å²) in [4.78, 5) is 11.7. The molecule has 0 bridgehead atoms. The topological polar surface area (TPSA) is 44.8 Å². The van der Waals surface area contributed by atoms with Gasteiger partial charge in [-0.1, -0.05) is 6.07 Å². The van der Waals surface area contributed by atoms with Crippen molar-refractivity contribution in [3.8, 4) is 11.5 Å². The highest BCUT2D eigenvalue weighted by Gasteiger charge is 2.19. The van der Waals surface area contributed by atoms with Gasteiger partial charge in [0.05, 0.1) is 7.11 Å². The van der Waals surface area contributed by atoms with Gasteiger partial charge in [-0.2, -0.15) is 0 Å². The molecule has 0 aliphatic rings. The van der Waals surface area contributed by atoms with Gasteiger partial charge >= 0.3 is 5.97 Å². The van der Waals surface area contributed by atoms with Gasteiger partial charge in [0.2, 0.25) is 16.6 Å². The molecule has 0 N–H and O–H groups in total. The second-order valence-corrected chi connectivity index (χ2v) is 15.8. The number of methoxy groups -OCH3 is 1. The molecule has 0 heterocycles. The van der Waals surface area contributed by atoms with E-state index >= 15 is 0 Å². The van der Waals surface area contributed by atoms with Gasteiger partial charge in [0, 0.05) is 6.08 Å². The Morgan fingerprint density at radius 3 is 2.14 bits per heavy atom. The highest BCUT2D eigenvalue weighted by atomic mass is 28.4. The second-order valence-electron chi connectivity index (χ2n) is 6.99. The Hall–Kier alpha value is -1.54. The fraction of sp³-hybridized carbons (Fsp3) is 0.438. The normalized spacial score (nSPS) is 12.3. The van der Waals surface area contributed by atoms with Gasteiger partial charge in [0.15, 0.2) is 5.75 Å². The van der Waals surface area contributed by atoms with Crippen molar-refractivity contribution < 1.29 is 18.4 Å². The quantitative estimate of drug-likeness (QED) is 0.573. The van der Waals surface area contributed by atoms with Crippen LogP contribution in [0.4, 0.5) is 0 Å². The molecule has 0 fully saturated rings. The van der Waals surface area contributed by atoms with E-state index in [0.29, 0.717) is 11.5 Å². The number of benzene rings is 1. The first-order valence-corrected chi connectivity index (χ1v) is 14.1. The fourth-order valence-corrected chi connectivity index (χ4v) is 3.20. The van der Waals surface area contributed by atoms with Crippen LogP contribution < -0.4 is 9.16 Å². The van der Waals surface area contributed by atoms with Crippen LogP contribution in [0.3, 0.4) is 0 Å². The zero-order valence-corrected chi connectivity index (χ0v) is 16.5. The molecular formula is C16H26O4Si2. The summed E-state index contributed by atoms with van der Waals surface area (Å²) in [5.74, 6) is 1.11. The van der Waals surface area contributed by atoms with E-state index in [1.54, 1.807) is 13.2 Å². The number of hydrogen-bond acceptors (Lipinski definition) is 4. The van der Waals surface area contributed by atoms with Crippen molar-refractivity contribution in [2.45, 2.75) is 39.3 Å². The van der Waals surface area contributed by atoms with Crippen molar-refractivity contribution in [1.82, 2.24) is 0 Å². The highest BCUT2D eigenvalue weighted by Crippen LogP contribution is 2.30. The predicted octanol–water partition coefficient (Wildman–Crippen LogP) is 4.30. The van der Waals surface area contributed by atoms with Crippen molar-refractivity contribution in [3.63, 3.8) is 0 Å². The summed E-state index contributed by atoms with van der Waals surface area (Å²) >= 11 is 0. The Morgan fingerprint density at radius 2 is 1.64 bits per heavy atom. The first-order chi connectivity index (χ1) is 10.00. The molecule has 122 valence electrons. The maximum atomic E-state index is 11.7. The van der Waals surface area contributed by atoms with E-state index in [1.807, 2.05) is 37.8 Å². The van der Waals surface area contributed by atoms with Crippen LogP contribution in [0, 0.1) is 0 Å². The summed E-state index contributed by atoms with van der Waals surface area (Å²) in [7, 11) is -1.97. The van der Waals surface area contributed by atoms with E-state index in [4.69, 9.17) is 13.6 Å². The molecule has 0 aromatic heterocycles. The van der Waals surface area contributed by atoms with Crippen molar-refractivity contribution in [1.29, 1.82) is 0 Å². The maximum Gasteiger partial charge on any atom is 0.317 e. The van der Waals surface area contributed by atoms with Gasteiger partial charge in [0.1, 0.15) is 5.75 Å². The minimum Gasteiger partial charge on any atom is -0.542 e. The molecule has 0 unspecified atom stereocenters. The molecule has 1 aromatic carbocycles. The average Bonchev–Trinajstić information content (AvgIpc) is 2.32. The van der Waals surface area contributed by atoms with E-state index in [9.17, 15) is 4.79 Å². The van der Waals surface area contributed by atoms with E-state index < -0.39 is 16.6 Å². The van der Waals surface area contributed by atoms with Gasteiger partial charge in [-0.05, 0) is 63.1 Å². The lowest BCUT2D eigenvalue weighted by Crippen LogP contribution is -2.29. The smallest absolute Gasteiger partial charge is 0.317 e. The molecular weight excluding hydrogens is 312 g/mol. The van der Waals surface area contributed by atoms with E-state index in [2.05, 4.69) is 19.6 Å². The third-order valence-corrected chi connectivity index (χ3v) is 4.07. The van der Waals surface area contributed by atoms with Crippen LogP contribution in [0.15, 0.2) is 24.3 Å². The van der Waals surface area contributed by atoms with Crippen LogP contribution in [0.1, 0.15) is 5.56 Å². The summed E-state index contributed by atoms with van der Waals surface area (Å²) in [6, 6.07) is 5.61. The standard InChI is InChI=1S/C16H26O4Si2/c1-18-14-10-8-13(12-15(14)19-21(2,3)4)9-11-16(17)20-22(5,6)7/h8-12H,1-7H3. The minimum atomic E-state index is -1.86. The molecule has 1 aromatic rings. The van der Waals surface area contributed by atoms with Crippen LogP contribution in [0.5, 0.6) is 11.5 Å². The number of carbonyl (C=O) groups is 1. The number of hydrogen-bond donors (Lipinski definition) is 0. The number of ether oxygens (including phenoxy) is 1. The summed E-state index contributed by atoms with van der Waals surface area (Å²) < 4.78 is 16.7. The molecule has 0 aliphatic heterocycles. The van der Waals surface area contributed by atoms with Crippen molar-refractivity contribution in [2.75, 3.05) is 7.11 Å². The summed E-state index contributed by atoms with van der Waals surface area (Å²) in [6.07, 6.45) is 3.19. The maximum absolute atomic E-state index is 11.7. The molecule has 0 saturated heterocycles. The zero-order valence-electron chi connectivity index (χ0n) is 14.5. The van der Waals surface area contributed by atoms with Crippen LogP contribution in [-0.4, -0.2) is 29.7 Å². The summed E-state index contributed by atoms with van der Waals surface area (Å²) in [5, 5.41) is 0. The molecule has 0 atom stereocenters. The first-order valence-electron chi connectivity index (χ1n) is 7.28. The molecule has 0 spiro atoms. The molecule has 0 amide bonds. The average molecular weight is 339 g/mol. The molecule has 0 radical (unpaired) electrons. The van der Waals surface area contributed by atoms with Crippen LogP contribution in [0.25, 0.3) is 6.08 Å². The number of rotatable bonds is 6. The monoisotopic (exact) mass is 338 g/mol. The lowest BCUT2D eigenvalue weighted by atomic mass is 10.2. The van der Waals surface area contributed by atoms with Gasteiger partial charge in [-0.15, -0.1) is 0 Å². The van der Waals surface area contributed by atoms with Crippen molar-refractivity contribution in [3.05, 3.63) is 29.8 Å². The first kappa shape index (κ1) is 18.5. The van der Waals surface area contributed by atoms with Crippen LogP contribution in [-0.2, 0) is 9.22 Å². The van der Waals surface area contributed by atoms with Gasteiger partial charge < -0.3 is 13.6 Å². The molecule has 0 saturated carbocycles. The molecule has 6 heteroatoms. The van der Waals surface area contributed by atoms with Gasteiger partial charge in [-0.3, -0.25) is 0 Å². The Balaban J connectivity index is 2.93. The highest BCUT2D eigenvalue weighted by molar-refractivity contribution is 6.71. The number of carbonyl (C=O) groups excluding carboxylic acids is 1. The Labute approximate surface area is 135 Å². The van der Waals surface area contributed by atoms with Crippen molar-refractivity contribution in [2.24, 2.45) is 0 Å². The third kappa shape index (κ3) is 6.95. The Kier molecular flexibility index (Phi) is 6.02. The van der Waals surface area contributed by atoms with Crippen LogP contribution in [0.2, 0.25) is 39.3 Å². The van der Waals surface area contributed by atoms with Crippen LogP contribution >= 0.6 is 0 Å². The molecule has 1 rings (SSSR count). The van der Waals surface area contributed by atoms with E-state index in [0.717, 1.165) is 5.56 Å². The lowest BCUT2D eigenvalue weighted by molar-refractivity contribution is -0.129. The lowest BCUT2D eigenvalue weighted by Gasteiger charge is -2.21. The zero-order chi connectivity index (χ0) is 17.0. The largest absolute Gasteiger partial charge is 0.542 e. The predicted molar refractivity (Wildman–Crippen MR) is 95.4 cm³/mol. The SMILES string of the molecule is COc1ccc(C=CC(=O)O[Si](C)(C)C)cc1O[Si](C)(C)C. The Bertz CT molecular complexity index is 554. The molecule has 22 heavy (non-hydrogen) atoms. The van der Waals surface area contributed by atoms with Gasteiger partial charge in [0.25, 0.3) is 0 Å². The van der Waals surface area contributed by atoms with Crippen molar-refractivity contribution >= 4 is 28.7 Å². The summed E-state index contributed by atoms with van der Waals surface area (Å²) in [6.45, 7) is 12.3. The van der Waals surface area contributed by atoms with E-state index in [-0.39, 0.29) is 5.97 Å². The summed E-state index contributed by atoms with van der Waals surface area (Å²) in [5.41, 5.74) is 0.876. The van der Waals surface area contributed by atoms with E-state index in [1.165, 1.54) is 6.08 Å². The fourth-order valence-electron chi connectivity index (χ4n) is 1.71.